The van der Waals surface area contributed by atoms with Crippen LogP contribution in [0.2, 0.25) is 0 Å². The quantitative estimate of drug-likeness (QED) is 0.705. The van der Waals surface area contributed by atoms with Crippen molar-refractivity contribution in [2.24, 2.45) is 5.92 Å². The van der Waals surface area contributed by atoms with Crippen LogP contribution in [0.3, 0.4) is 0 Å². The monoisotopic (exact) mass is 195 g/mol. The molecule has 1 aliphatic carbocycles. The topological polar surface area (TPSA) is 12.9 Å². The van der Waals surface area contributed by atoms with Gasteiger partial charge < -0.3 is 0 Å². The van der Waals surface area contributed by atoms with E-state index in [-0.39, 0.29) is 5.41 Å². The van der Waals surface area contributed by atoms with E-state index in [4.69, 9.17) is 0 Å². The summed E-state index contributed by atoms with van der Waals surface area (Å²) in [5, 5.41) is 3.52. The van der Waals surface area contributed by atoms with Crippen LogP contribution in [-0.2, 0) is 11.8 Å². The molecule has 1 fully saturated rings. The third-order valence-electron chi connectivity index (χ3n) is 2.39. The van der Waals surface area contributed by atoms with Gasteiger partial charge in [-0.25, -0.2) is 4.98 Å². The van der Waals surface area contributed by atoms with E-state index in [1.54, 1.807) is 0 Å². The second-order valence-corrected chi connectivity index (χ2v) is 5.90. The zero-order valence-corrected chi connectivity index (χ0v) is 9.45. The van der Waals surface area contributed by atoms with Gasteiger partial charge in [0.1, 0.15) is 0 Å². The fraction of sp³-hybridized carbons (Fsp3) is 0.727. The van der Waals surface area contributed by atoms with Gasteiger partial charge in [0, 0.05) is 10.8 Å². The van der Waals surface area contributed by atoms with Gasteiger partial charge in [-0.3, -0.25) is 0 Å². The molecule has 13 heavy (non-hydrogen) atoms. The molecule has 0 aliphatic heterocycles. The van der Waals surface area contributed by atoms with Crippen molar-refractivity contribution in [1.82, 2.24) is 4.98 Å². The lowest BCUT2D eigenvalue weighted by atomic mass is 9.98. The number of thiazole rings is 1. The predicted molar refractivity (Wildman–Crippen MR) is 57.2 cm³/mol. The van der Waals surface area contributed by atoms with Gasteiger partial charge in [-0.05, 0) is 25.2 Å². The Bertz CT molecular complexity index is 291. The first kappa shape index (κ1) is 9.20. The number of rotatable bonds is 2. The summed E-state index contributed by atoms with van der Waals surface area (Å²) in [6.45, 7) is 6.69. The van der Waals surface area contributed by atoms with Crippen molar-refractivity contribution in [2.45, 2.75) is 45.4 Å². The first-order valence-electron chi connectivity index (χ1n) is 5.00. The van der Waals surface area contributed by atoms with Crippen LogP contribution in [0.1, 0.15) is 44.3 Å². The Kier molecular flexibility index (Phi) is 2.18. The summed E-state index contributed by atoms with van der Waals surface area (Å²) in [7, 11) is 0. The third-order valence-corrected chi connectivity index (χ3v) is 3.70. The van der Waals surface area contributed by atoms with E-state index < -0.39 is 0 Å². The van der Waals surface area contributed by atoms with Crippen LogP contribution in [0.25, 0.3) is 0 Å². The molecule has 0 atom stereocenters. The van der Waals surface area contributed by atoms with Gasteiger partial charge >= 0.3 is 0 Å². The molecule has 1 aromatic heterocycles. The van der Waals surface area contributed by atoms with Crippen LogP contribution in [0.5, 0.6) is 0 Å². The van der Waals surface area contributed by atoms with Crippen molar-refractivity contribution in [2.75, 3.05) is 0 Å². The van der Waals surface area contributed by atoms with E-state index in [0.29, 0.717) is 0 Å². The molecule has 2 heteroatoms. The maximum atomic E-state index is 4.68. The second kappa shape index (κ2) is 3.09. The van der Waals surface area contributed by atoms with Gasteiger partial charge in [0.15, 0.2) is 0 Å². The van der Waals surface area contributed by atoms with Crippen LogP contribution >= 0.6 is 11.3 Å². The number of aromatic nitrogens is 1. The lowest BCUT2D eigenvalue weighted by Gasteiger charge is -2.13. The van der Waals surface area contributed by atoms with E-state index >= 15 is 0 Å². The summed E-state index contributed by atoms with van der Waals surface area (Å²) in [6, 6.07) is 0. The van der Waals surface area contributed by atoms with Crippen LogP contribution in [-0.4, -0.2) is 4.98 Å². The fourth-order valence-electron chi connectivity index (χ4n) is 1.36. The predicted octanol–water partition coefficient (Wildman–Crippen LogP) is 3.39. The SMILES string of the molecule is CC(C)(C)c1nc(CC2CC2)cs1. The molecular formula is C11H17NS. The molecule has 0 spiro atoms. The fourth-order valence-corrected chi connectivity index (χ4v) is 2.28. The van der Waals surface area contributed by atoms with Crippen LogP contribution in [0, 0.1) is 5.92 Å². The number of nitrogens with zero attached hydrogens (tertiary/aromatic N) is 1. The first-order chi connectivity index (χ1) is 6.05. The molecule has 0 saturated heterocycles. The van der Waals surface area contributed by atoms with E-state index in [1.165, 1.54) is 30.0 Å². The molecule has 1 aliphatic rings. The summed E-state index contributed by atoms with van der Waals surface area (Å²) in [5.41, 5.74) is 1.55. The van der Waals surface area contributed by atoms with Crippen molar-refractivity contribution in [3.05, 3.63) is 16.1 Å². The average molecular weight is 195 g/mol. The molecule has 0 bridgehead atoms. The van der Waals surface area contributed by atoms with Gasteiger partial charge in [-0.15, -0.1) is 11.3 Å². The number of hydrogen-bond donors (Lipinski definition) is 0. The molecule has 2 rings (SSSR count). The molecule has 0 aromatic carbocycles. The molecule has 1 aromatic rings. The van der Waals surface area contributed by atoms with Crippen LogP contribution in [0.4, 0.5) is 0 Å². The maximum absolute atomic E-state index is 4.68. The van der Waals surface area contributed by atoms with Crippen LogP contribution < -0.4 is 0 Å². The van der Waals surface area contributed by atoms with Crippen molar-refractivity contribution in [3.63, 3.8) is 0 Å². The zero-order valence-electron chi connectivity index (χ0n) is 8.63. The number of hydrogen-bond acceptors (Lipinski definition) is 2. The van der Waals surface area contributed by atoms with E-state index in [9.17, 15) is 0 Å². The third kappa shape index (κ3) is 2.31. The van der Waals surface area contributed by atoms with Crippen molar-refractivity contribution in [3.8, 4) is 0 Å². The molecule has 1 heterocycles. The molecule has 0 unspecified atom stereocenters. The van der Waals surface area contributed by atoms with E-state index in [2.05, 4.69) is 31.1 Å². The van der Waals surface area contributed by atoms with Gasteiger partial charge in [0.25, 0.3) is 0 Å². The Morgan fingerprint density at radius 3 is 2.62 bits per heavy atom. The highest BCUT2D eigenvalue weighted by molar-refractivity contribution is 7.09. The Hall–Kier alpha value is -0.370. The molecular weight excluding hydrogens is 178 g/mol. The lowest BCUT2D eigenvalue weighted by molar-refractivity contribution is 0.582. The normalized spacial score (nSPS) is 17.8. The zero-order chi connectivity index (χ0) is 9.47. The minimum atomic E-state index is 0.229. The van der Waals surface area contributed by atoms with Crippen molar-refractivity contribution in [1.29, 1.82) is 0 Å². The standard InChI is InChI=1S/C11H17NS/c1-11(2,3)10-12-9(7-13-10)6-8-4-5-8/h7-8H,4-6H2,1-3H3. The summed E-state index contributed by atoms with van der Waals surface area (Å²) < 4.78 is 0. The highest BCUT2D eigenvalue weighted by atomic mass is 32.1. The molecule has 72 valence electrons. The summed E-state index contributed by atoms with van der Waals surface area (Å²) in [6.07, 6.45) is 4.05. The molecule has 1 nitrogen and oxygen atoms in total. The molecule has 1 saturated carbocycles. The summed E-state index contributed by atoms with van der Waals surface area (Å²) >= 11 is 1.82. The molecule has 0 amide bonds. The molecule has 0 radical (unpaired) electrons. The summed E-state index contributed by atoms with van der Waals surface area (Å²) in [4.78, 5) is 4.68. The second-order valence-electron chi connectivity index (χ2n) is 5.04. The van der Waals surface area contributed by atoms with Crippen molar-refractivity contribution < 1.29 is 0 Å². The Labute approximate surface area is 84.2 Å². The lowest BCUT2D eigenvalue weighted by Crippen LogP contribution is -2.10. The smallest absolute Gasteiger partial charge is 0.0981 e. The summed E-state index contributed by atoms with van der Waals surface area (Å²) in [5.74, 6) is 0.954. The maximum Gasteiger partial charge on any atom is 0.0981 e. The Morgan fingerprint density at radius 2 is 2.15 bits per heavy atom. The van der Waals surface area contributed by atoms with E-state index in [1.807, 2.05) is 11.3 Å². The largest absolute Gasteiger partial charge is 0.246 e. The highest BCUT2D eigenvalue weighted by Gasteiger charge is 2.24. The molecule has 0 N–H and O–H groups in total. The minimum absolute atomic E-state index is 0.229. The highest BCUT2D eigenvalue weighted by Crippen LogP contribution is 2.34. The van der Waals surface area contributed by atoms with Gasteiger partial charge in [-0.2, -0.15) is 0 Å². The van der Waals surface area contributed by atoms with Gasteiger partial charge in [0.2, 0.25) is 0 Å². The van der Waals surface area contributed by atoms with Crippen molar-refractivity contribution >= 4 is 11.3 Å². The minimum Gasteiger partial charge on any atom is -0.246 e. The van der Waals surface area contributed by atoms with Gasteiger partial charge in [0.05, 0.1) is 10.7 Å². The Balaban J connectivity index is 2.08. The van der Waals surface area contributed by atoms with E-state index in [0.717, 1.165) is 5.92 Å². The van der Waals surface area contributed by atoms with Crippen LogP contribution in [0.15, 0.2) is 5.38 Å². The van der Waals surface area contributed by atoms with Gasteiger partial charge in [-0.1, -0.05) is 20.8 Å². The Morgan fingerprint density at radius 1 is 1.46 bits per heavy atom. The average Bonchev–Trinajstić information content (AvgIpc) is 2.63. The first-order valence-corrected chi connectivity index (χ1v) is 5.88.